The second kappa shape index (κ2) is 4.83. The number of methoxy groups -OCH3 is 1. The smallest absolute Gasteiger partial charge is 0.126 e. The molecule has 0 amide bonds. The van der Waals surface area contributed by atoms with Crippen LogP contribution in [0.4, 0.5) is 4.39 Å². The average molecular weight is 225 g/mol. The van der Waals surface area contributed by atoms with E-state index in [0.29, 0.717) is 18.5 Å². The zero-order valence-electron chi connectivity index (χ0n) is 10.4. The molecule has 0 radical (unpaired) electrons. The van der Waals surface area contributed by atoms with E-state index < -0.39 is 0 Å². The molecule has 0 aromatic heterocycles. The molecular weight excluding hydrogens is 205 g/mol. The molecule has 1 aromatic carbocycles. The minimum absolute atomic E-state index is 0.0466. The number of rotatable bonds is 4. The maximum absolute atomic E-state index is 13.5. The minimum Gasteiger partial charge on any atom is -0.496 e. The highest BCUT2D eigenvalue weighted by molar-refractivity contribution is 5.38. The third-order valence-corrected chi connectivity index (χ3v) is 2.78. The fourth-order valence-corrected chi connectivity index (χ4v) is 1.61. The Kier molecular flexibility index (Phi) is 3.92. The maximum atomic E-state index is 13.5. The third-order valence-electron chi connectivity index (χ3n) is 2.78. The van der Waals surface area contributed by atoms with E-state index in [4.69, 9.17) is 10.5 Å². The summed E-state index contributed by atoms with van der Waals surface area (Å²) < 4.78 is 18.8. The standard InChI is InChI=1S/C13H20FNO/c1-9-5-12(16-4)10(6-11(9)14)7-13(2,3)8-15/h5-6H,7-8,15H2,1-4H3. The van der Waals surface area contributed by atoms with Crippen LogP contribution in [0.15, 0.2) is 12.1 Å². The molecule has 0 bridgehead atoms. The Morgan fingerprint density at radius 1 is 1.38 bits per heavy atom. The highest BCUT2D eigenvalue weighted by Crippen LogP contribution is 2.29. The van der Waals surface area contributed by atoms with Crippen LogP contribution in [0.5, 0.6) is 5.75 Å². The fourth-order valence-electron chi connectivity index (χ4n) is 1.61. The van der Waals surface area contributed by atoms with Crippen molar-refractivity contribution in [3.63, 3.8) is 0 Å². The molecule has 0 saturated carbocycles. The summed E-state index contributed by atoms with van der Waals surface area (Å²) in [6, 6.07) is 3.28. The maximum Gasteiger partial charge on any atom is 0.126 e. The number of aryl methyl sites for hydroxylation is 1. The molecule has 3 heteroatoms. The molecule has 0 aliphatic heterocycles. The van der Waals surface area contributed by atoms with Gasteiger partial charge in [-0.15, -0.1) is 0 Å². The van der Waals surface area contributed by atoms with E-state index in [-0.39, 0.29) is 11.2 Å². The summed E-state index contributed by atoms with van der Waals surface area (Å²) in [5.41, 5.74) is 7.11. The van der Waals surface area contributed by atoms with Crippen molar-refractivity contribution >= 4 is 0 Å². The number of halogens is 1. The van der Waals surface area contributed by atoms with Gasteiger partial charge in [0.05, 0.1) is 7.11 Å². The highest BCUT2D eigenvalue weighted by atomic mass is 19.1. The lowest BCUT2D eigenvalue weighted by molar-refractivity contribution is 0.357. The van der Waals surface area contributed by atoms with Crippen LogP contribution in [-0.4, -0.2) is 13.7 Å². The molecule has 2 N–H and O–H groups in total. The topological polar surface area (TPSA) is 35.2 Å². The van der Waals surface area contributed by atoms with E-state index in [1.54, 1.807) is 26.2 Å². The first-order chi connectivity index (χ1) is 7.39. The van der Waals surface area contributed by atoms with Gasteiger partial charge >= 0.3 is 0 Å². The lowest BCUT2D eigenvalue weighted by atomic mass is 9.85. The SMILES string of the molecule is COc1cc(C)c(F)cc1CC(C)(C)CN. The van der Waals surface area contributed by atoms with Gasteiger partial charge in [0, 0.05) is 0 Å². The second-order valence-corrected chi connectivity index (χ2v) is 4.96. The molecule has 0 spiro atoms. The van der Waals surface area contributed by atoms with E-state index in [0.717, 1.165) is 11.3 Å². The second-order valence-electron chi connectivity index (χ2n) is 4.96. The van der Waals surface area contributed by atoms with E-state index >= 15 is 0 Å². The van der Waals surface area contributed by atoms with E-state index in [1.807, 2.05) is 0 Å². The van der Waals surface area contributed by atoms with Crippen LogP contribution in [0, 0.1) is 18.2 Å². The predicted octanol–water partition coefficient (Wildman–Crippen LogP) is 2.67. The number of ether oxygens (including phenoxy) is 1. The quantitative estimate of drug-likeness (QED) is 0.855. The highest BCUT2D eigenvalue weighted by Gasteiger charge is 2.19. The number of hydrogen-bond donors (Lipinski definition) is 1. The van der Waals surface area contributed by atoms with Crippen molar-refractivity contribution in [2.75, 3.05) is 13.7 Å². The normalized spacial score (nSPS) is 11.6. The molecule has 2 nitrogen and oxygen atoms in total. The molecule has 1 rings (SSSR count). The van der Waals surface area contributed by atoms with E-state index in [9.17, 15) is 4.39 Å². The van der Waals surface area contributed by atoms with Crippen LogP contribution < -0.4 is 10.5 Å². The molecule has 0 heterocycles. The van der Waals surface area contributed by atoms with Crippen molar-refractivity contribution in [1.29, 1.82) is 0 Å². The molecule has 16 heavy (non-hydrogen) atoms. The monoisotopic (exact) mass is 225 g/mol. The molecule has 0 aliphatic carbocycles. The molecular formula is C13H20FNO. The van der Waals surface area contributed by atoms with Crippen LogP contribution in [0.1, 0.15) is 25.0 Å². The largest absolute Gasteiger partial charge is 0.496 e. The molecule has 0 saturated heterocycles. The van der Waals surface area contributed by atoms with Gasteiger partial charge in [0.25, 0.3) is 0 Å². The Labute approximate surface area is 96.6 Å². The summed E-state index contributed by atoms with van der Waals surface area (Å²) in [4.78, 5) is 0. The lowest BCUT2D eigenvalue weighted by Crippen LogP contribution is -2.26. The molecule has 0 atom stereocenters. The van der Waals surface area contributed by atoms with Crippen LogP contribution in [0.25, 0.3) is 0 Å². The molecule has 0 aliphatic rings. The van der Waals surface area contributed by atoms with Gasteiger partial charge in [-0.3, -0.25) is 0 Å². The zero-order valence-corrected chi connectivity index (χ0v) is 10.4. The van der Waals surface area contributed by atoms with Crippen LogP contribution in [0.2, 0.25) is 0 Å². The van der Waals surface area contributed by atoms with Gasteiger partial charge in [-0.2, -0.15) is 0 Å². The van der Waals surface area contributed by atoms with Gasteiger partial charge < -0.3 is 10.5 Å². The molecule has 90 valence electrons. The molecule has 0 unspecified atom stereocenters. The van der Waals surface area contributed by atoms with Crippen molar-refractivity contribution < 1.29 is 9.13 Å². The summed E-state index contributed by atoms with van der Waals surface area (Å²) in [6.07, 6.45) is 0.712. The molecule has 1 aromatic rings. The van der Waals surface area contributed by atoms with Gasteiger partial charge in [0.15, 0.2) is 0 Å². The minimum atomic E-state index is -0.191. The van der Waals surface area contributed by atoms with Crippen LogP contribution in [-0.2, 0) is 6.42 Å². The zero-order chi connectivity index (χ0) is 12.3. The van der Waals surface area contributed by atoms with Gasteiger partial charge in [-0.25, -0.2) is 4.39 Å². The van der Waals surface area contributed by atoms with E-state index in [2.05, 4.69) is 13.8 Å². The van der Waals surface area contributed by atoms with E-state index in [1.165, 1.54) is 0 Å². The van der Waals surface area contributed by atoms with Crippen molar-refractivity contribution in [3.8, 4) is 5.75 Å². The first kappa shape index (κ1) is 13.0. The summed E-state index contributed by atoms with van der Waals surface area (Å²) in [5, 5.41) is 0. The Morgan fingerprint density at radius 3 is 2.50 bits per heavy atom. The van der Waals surface area contributed by atoms with Gasteiger partial charge in [-0.05, 0) is 48.6 Å². The number of nitrogens with two attached hydrogens (primary N) is 1. The molecule has 0 fully saturated rings. The van der Waals surface area contributed by atoms with Crippen molar-refractivity contribution in [3.05, 3.63) is 29.1 Å². The lowest BCUT2D eigenvalue weighted by Gasteiger charge is -2.23. The van der Waals surface area contributed by atoms with Gasteiger partial charge in [-0.1, -0.05) is 13.8 Å². The van der Waals surface area contributed by atoms with Crippen molar-refractivity contribution in [2.24, 2.45) is 11.1 Å². The summed E-state index contributed by atoms with van der Waals surface area (Å²) in [6.45, 7) is 6.41. The van der Waals surface area contributed by atoms with Gasteiger partial charge in [0.1, 0.15) is 11.6 Å². The average Bonchev–Trinajstić information content (AvgIpc) is 2.22. The summed E-state index contributed by atoms with van der Waals surface area (Å²) in [7, 11) is 1.60. The van der Waals surface area contributed by atoms with Crippen LogP contribution in [0.3, 0.4) is 0 Å². The first-order valence-corrected chi connectivity index (χ1v) is 5.42. The van der Waals surface area contributed by atoms with Crippen molar-refractivity contribution in [1.82, 2.24) is 0 Å². The third kappa shape index (κ3) is 2.95. The summed E-state index contributed by atoms with van der Waals surface area (Å²) in [5.74, 6) is 0.545. The Balaban J connectivity index is 3.08. The fraction of sp³-hybridized carbons (Fsp3) is 0.538. The number of hydrogen-bond acceptors (Lipinski definition) is 2. The van der Waals surface area contributed by atoms with Crippen LogP contribution >= 0.6 is 0 Å². The van der Waals surface area contributed by atoms with Gasteiger partial charge in [0.2, 0.25) is 0 Å². The first-order valence-electron chi connectivity index (χ1n) is 5.42. The Bertz CT molecular complexity index is 374. The Hall–Kier alpha value is -1.09. The van der Waals surface area contributed by atoms with Crippen molar-refractivity contribution in [2.45, 2.75) is 27.2 Å². The predicted molar refractivity (Wildman–Crippen MR) is 64.2 cm³/mol. The number of benzene rings is 1. The Morgan fingerprint density at radius 2 is 2.00 bits per heavy atom. The summed E-state index contributed by atoms with van der Waals surface area (Å²) >= 11 is 0.